The Hall–Kier alpha value is -2.09. The van der Waals surface area contributed by atoms with Gasteiger partial charge in [0.05, 0.1) is 16.3 Å². The Bertz CT molecular complexity index is 990. The molecule has 0 fully saturated rings. The highest BCUT2D eigenvalue weighted by Crippen LogP contribution is 2.22. The Kier molecular flexibility index (Phi) is 7.30. The molecule has 4 nitrogen and oxygen atoms in total. The van der Waals surface area contributed by atoms with Gasteiger partial charge in [0.15, 0.2) is 0 Å². The van der Waals surface area contributed by atoms with Crippen molar-refractivity contribution in [2.24, 2.45) is 5.10 Å². The average molecular weight is 525 g/mol. The van der Waals surface area contributed by atoms with Crippen molar-refractivity contribution >= 4 is 57.9 Å². The highest BCUT2D eigenvalue weighted by Gasteiger charge is 2.06. The van der Waals surface area contributed by atoms with Crippen LogP contribution in [0.2, 0.25) is 10.0 Å². The number of hydrazone groups is 1. The van der Waals surface area contributed by atoms with E-state index in [4.69, 9.17) is 27.9 Å². The molecule has 0 spiro atoms. The summed E-state index contributed by atoms with van der Waals surface area (Å²) in [7, 11) is 0. The Labute approximate surface area is 186 Å². The molecule has 0 unspecified atom stereocenters. The van der Waals surface area contributed by atoms with Crippen LogP contribution < -0.4 is 10.2 Å². The van der Waals surface area contributed by atoms with E-state index in [1.807, 2.05) is 48.5 Å². The largest absolute Gasteiger partial charge is 0.489 e. The van der Waals surface area contributed by atoms with Crippen molar-refractivity contribution in [2.45, 2.75) is 6.61 Å². The number of benzene rings is 3. The Morgan fingerprint density at radius 3 is 2.39 bits per heavy atom. The van der Waals surface area contributed by atoms with Gasteiger partial charge in [-0.1, -0.05) is 35.3 Å². The molecule has 0 bridgehead atoms. The first-order valence-corrected chi connectivity index (χ1v) is 10.1. The van der Waals surface area contributed by atoms with Gasteiger partial charge in [0, 0.05) is 9.13 Å². The monoisotopic (exact) mass is 524 g/mol. The van der Waals surface area contributed by atoms with E-state index < -0.39 is 0 Å². The Balaban J connectivity index is 1.52. The smallest absolute Gasteiger partial charge is 0.271 e. The van der Waals surface area contributed by atoms with Crippen molar-refractivity contribution in [3.8, 4) is 5.75 Å². The SMILES string of the molecule is O=C(N/N=C\c1ccc(OCc2ccc(I)cc2)cc1)c1ccc(Cl)c(Cl)c1. The number of rotatable bonds is 6. The maximum Gasteiger partial charge on any atom is 0.271 e. The predicted molar refractivity (Wildman–Crippen MR) is 121 cm³/mol. The van der Waals surface area contributed by atoms with Crippen LogP contribution in [-0.4, -0.2) is 12.1 Å². The van der Waals surface area contributed by atoms with Crippen molar-refractivity contribution in [3.05, 3.63) is 97.0 Å². The number of halogens is 3. The molecule has 3 aromatic carbocycles. The minimum Gasteiger partial charge on any atom is -0.489 e. The van der Waals surface area contributed by atoms with Crippen LogP contribution >= 0.6 is 45.8 Å². The zero-order valence-corrected chi connectivity index (χ0v) is 18.2. The van der Waals surface area contributed by atoms with Crippen LogP contribution in [0, 0.1) is 3.57 Å². The first kappa shape index (κ1) is 20.6. The summed E-state index contributed by atoms with van der Waals surface area (Å²) in [6.07, 6.45) is 1.55. The molecule has 0 heterocycles. The number of hydrogen-bond donors (Lipinski definition) is 1. The van der Waals surface area contributed by atoms with Gasteiger partial charge in [-0.2, -0.15) is 5.10 Å². The van der Waals surface area contributed by atoms with E-state index in [1.165, 1.54) is 9.64 Å². The van der Waals surface area contributed by atoms with Crippen molar-refractivity contribution in [1.82, 2.24) is 5.43 Å². The van der Waals surface area contributed by atoms with E-state index in [-0.39, 0.29) is 5.91 Å². The highest BCUT2D eigenvalue weighted by molar-refractivity contribution is 14.1. The third kappa shape index (κ3) is 5.95. The highest BCUT2D eigenvalue weighted by atomic mass is 127. The van der Waals surface area contributed by atoms with Gasteiger partial charge in [0.1, 0.15) is 12.4 Å². The molecule has 142 valence electrons. The third-order valence-corrected chi connectivity index (χ3v) is 5.22. The number of nitrogens with one attached hydrogen (secondary N) is 1. The summed E-state index contributed by atoms with van der Waals surface area (Å²) >= 11 is 14.0. The van der Waals surface area contributed by atoms with Gasteiger partial charge in [0.25, 0.3) is 5.91 Å². The molecule has 0 aliphatic heterocycles. The van der Waals surface area contributed by atoms with Crippen LogP contribution in [0.3, 0.4) is 0 Å². The molecule has 0 aliphatic carbocycles. The maximum atomic E-state index is 12.0. The molecular weight excluding hydrogens is 510 g/mol. The standard InChI is InChI=1S/C21H15Cl2IN2O2/c22-19-10-5-16(11-20(19)23)21(27)26-25-12-14-3-8-18(9-4-14)28-13-15-1-6-17(24)7-2-15/h1-12H,13H2,(H,26,27)/b25-12-. The van der Waals surface area contributed by atoms with Crippen molar-refractivity contribution in [3.63, 3.8) is 0 Å². The van der Waals surface area contributed by atoms with Crippen LogP contribution in [0.5, 0.6) is 5.75 Å². The predicted octanol–water partition coefficient (Wildman–Crippen LogP) is 5.94. The van der Waals surface area contributed by atoms with Gasteiger partial charge in [-0.15, -0.1) is 0 Å². The van der Waals surface area contributed by atoms with Crippen LogP contribution in [-0.2, 0) is 6.61 Å². The summed E-state index contributed by atoms with van der Waals surface area (Å²) in [6.45, 7) is 0.504. The lowest BCUT2D eigenvalue weighted by Crippen LogP contribution is -2.17. The summed E-state index contributed by atoms with van der Waals surface area (Å²) in [6, 6.07) is 20.2. The van der Waals surface area contributed by atoms with E-state index in [9.17, 15) is 4.79 Å². The van der Waals surface area contributed by atoms with Gasteiger partial charge in [0.2, 0.25) is 0 Å². The van der Waals surface area contributed by atoms with E-state index in [0.717, 1.165) is 16.9 Å². The van der Waals surface area contributed by atoms with E-state index >= 15 is 0 Å². The lowest BCUT2D eigenvalue weighted by molar-refractivity contribution is 0.0955. The third-order valence-electron chi connectivity index (χ3n) is 3.76. The van der Waals surface area contributed by atoms with E-state index in [1.54, 1.807) is 18.3 Å². The van der Waals surface area contributed by atoms with E-state index in [0.29, 0.717) is 22.2 Å². The molecule has 0 saturated carbocycles. The van der Waals surface area contributed by atoms with Gasteiger partial charge in [-0.3, -0.25) is 4.79 Å². The summed E-state index contributed by atoms with van der Waals surface area (Å²) in [4.78, 5) is 12.0. The number of hydrogen-bond acceptors (Lipinski definition) is 3. The second-order valence-electron chi connectivity index (χ2n) is 5.81. The van der Waals surface area contributed by atoms with Crippen molar-refractivity contribution in [2.75, 3.05) is 0 Å². The summed E-state index contributed by atoms with van der Waals surface area (Å²) in [5.41, 5.74) is 4.77. The maximum absolute atomic E-state index is 12.0. The first-order chi connectivity index (χ1) is 13.5. The van der Waals surface area contributed by atoms with Crippen LogP contribution in [0.25, 0.3) is 0 Å². The van der Waals surface area contributed by atoms with Gasteiger partial charge in [-0.25, -0.2) is 5.43 Å². The Morgan fingerprint density at radius 2 is 1.71 bits per heavy atom. The first-order valence-electron chi connectivity index (χ1n) is 8.27. The minimum absolute atomic E-state index is 0.319. The van der Waals surface area contributed by atoms with Gasteiger partial charge in [-0.05, 0) is 88.3 Å². The quantitative estimate of drug-likeness (QED) is 0.246. The molecular formula is C21H15Cl2IN2O2. The summed E-state index contributed by atoms with van der Waals surface area (Å²) < 4.78 is 6.96. The fraction of sp³-hybridized carbons (Fsp3) is 0.0476. The number of ether oxygens (including phenoxy) is 1. The summed E-state index contributed by atoms with van der Waals surface area (Å²) in [5, 5.41) is 4.67. The number of nitrogens with zero attached hydrogens (tertiary/aromatic N) is 1. The van der Waals surface area contributed by atoms with Gasteiger partial charge < -0.3 is 4.74 Å². The van der Waals surface area contributed by atoms with Gasteiger partial charge >= 0.3 is 0 Å². The fourth-order valence-electron chi connectivity index (χ4n) is 2.26. The van der Waals surface area contributed by atoms with Crippen molar-refractivity contribution < 1.29 is 9.53 Å². The number of amides is 1. The molecule has 1 N–H and O–H groups in total. The molecule has 0 aromatic heterocycles. The molecule has 0 atom stereocenters. The molecule has 7 heteroatoms. The van der Waals surface area contributed by atoms with E-state index in [2.05, 4.69) is 33.1 Å². The summed E-state index contributed by atoms with van der Waals surface area (Å²) in [5.74, 6) is 0.392. The lowest BCUT2D eigenvalue weighted by atomic mass is 10.2. The van der Waals surface area contributed by atoms with Crippen molar-refractivity contribution in [1.29, 1.82) is 0 Å². The molecule has 3 aromatic rings. The average Bonchev–Trinajstić information content (AvgIpc) is 2.70. The molecule has 1 amide bonds. The molecule has 0 saturated heterocycles. The molecule has 0 radical (unpaired) electrons. The normalized spacial score (nSPS) is 10.8. The number of carbonyl (C=O) groups is 1. The lowest BCUT2D eigenvalue weighted by Gasteiger charge is -2.06. The van der Waals surface area contributed by atoms with Crippen LogP contribution in [0.4, 0.5) is 0 Å². The van der Waals surface area contributed by atoms with Crippen LogP contribution in [0.1, 0.15) is 21.5 Å². The second kappa shape index (κ2) is 9.91. The fourth-order valence-corrected chi connectivity index (χ4v) is 2.92. The zero-order chi connectivity index (χ0) is 19.9. The number of carbonyl (C=O) groups excluding carboxylic acids is 1. The zero-order valence-electron chi connectivity index (χ0n) is 14.5. The minimum atomic E-state index is -0.368. The molecule has 3 rings (SSSR count). The van der Waals surface area contributed by atoms with Crippen LogP contribution in [0.15, 0.2) is 71.8 Å². The topological polar surface area (TPSA) is 50.7 Å². The Morgan fingerprint density at radius 1 is 1.00 bits per heavy atom. The molecule has 0 aliphatic rings. The molecule has 28 heavy (non-hydrogen) atoms. The second-order valence-corrected chi connectivity index (χ2v) is 7.87.